The Morgan fingerprint density at radius 2 is 1.97 bits per heavy atom. The van der Waals surface area contributed by atoms with Gasteiger partial charge in [0.15, 0.2) is 5.16 Å². The van der Waals surface area contributed by atoms with Crippen molar-refractivity contribution in [3.63, 3.8) is 0 Å². The maximum atomic E-state index is 12.3. The van der Waals surface area contributed by atoms with Gasteiger partial charge in [-0.1, -0.05) is 71.4 Å². The summed E-state index contributed by atoms with van der Waals surface area (Å²) in [5.41, 5.74) is 6.86. The van der Waals surface area contributed by atoms with Gasteiger partial charge in [0, 0.05) is 11.6 Å². The highest BCUT2D eigenvalue weighted by atomic mass is 35.5. The van der Waals surface area contributed by atoms with Crippen LogP contribution in [0.15, 0.2) is 77.0 Å². The minimum Gasteiger partial charge on any atom is -0.314 e. The van der Waals surface area contributed by atoms with E-state index in [1.807, 2.05) is 31.2 Å². The van der Waals surface area contributed by atoms with Gasteiger partial charge < -0.3 is 4.57 Å². The number of nitrogens with one attached hydrogen (secondary N) is 1. The average molecular weight is 494 g/mol. The number of rotatable bonds is 8. The van der Waals surface area contributed by atoms with Gasteiger partial charge in [-0.15, -0.1) is 0 Å². The Balaban J connectivity index is 1.43. The lowest BCUT2D eigenvalue weighted by Gasteiger charge is -2.09. The predicted octanol–water partition coefficient (Wildman–Crippen LogP) is 5.20. The molecule has 1 N–H and O–H groups in total. The fraction of sp³-hybridized carbons (Fsp3) is 0.125. The Hall–Kier alpha value is -3.69. The second kappa shape index (κ2) is 10.5. The molecule has 1 amide bonds. The van der Waals surface area contributed by atoms with Crippen LogP contribution in [0, 0.1) is 17.0 Å². The van der Waals surface area contributed by atoms with Crippen molar-refractivity contribution >= 4 is 52.2 Å². The van der Waals surface area contributed by atoms with Gasteiger partial charge in [0.2, 0.25) is 0 Å². The summed E-state index contributed by atoms with van der Waals surface area (Å²) in [6, 6.07) is 20.4. The van der Waals surface area contributed by atoms with E-state index in [4.69, 9.17) is 16.6 Å². The van der Waals surface area contributed by atoms with Crippen LogP contribution in [0.5, 0.6) is 0 Å². The highest BCUT2D eigenvalue weighted by molar-refractivity contribution is 7.99. The zero-order valence-electron chi connectivity index (χ0n) is 18.1. The number of amides is 1. The molecule has 1 aromatic heterocycles. The van der Waals surface area contributed by atoms with Crippen molar-refractivity contribution in [2.24, 2.45) is 5.10 Å². The molecule has 0 saturated carbocycles. The summed E-state index contributed by atoms with van der Waals surface area (Å²) in [5, 5.41) is 15.7. The summed E-state index contributed by atoms with van der Waals surface area (Å²) in [6.07, 6.45) is 1.33. The summed E-state index contributed by atoms with van der Waals surface area (Å²) in [7, 11) is 0. The van der Waals surface area contributed by atoms with Crippen LogP contribution in [0.1, 0.15) is 16.7 Å². The van der Waals surface area contributed by atoms with Gasteiger partial charge in [0.05, 0.1) is 34.5 Å². The molecular weight excluding hydrogens is 474 g/mol. The second-order valence-corrected chi connectivity index (χ2v) is 8.85. The molecule has 3 aromatic carbocycles. The molecule has 1 heterocycles. The third-order valence-corrected chi connectivity index (χ3v) is 6.28. The van der Waals surface area contributed by atoms with Crippen LogP contribution in [-0.4, -0.2) is 32.3 Å². The van der Waals surface area contributed by atoms with Gasteiger partial charge in [-0.25, -0.2) is 10.4 Å². The fourth-order valence-electron chi connectivity index (χ4n) is 3.28. The first kappa shape index (κ1) is 23.5. The van der Waals surface area contributed by atoms with Crippen molar-refractivity contribution in [1.82, 2.24) is 15.0 Å². The molecule has 0 saturated heterocycles. The number of hydrazone groups is 1. The van der Waals surface area contributed by atoms with E-state index in [0.29, 0.717) is 12.1 Å². The molecule has 172 valence electrons. The number of thioether (sulfide) groups is 1. The third kappa shape index (κ3) is 5.62. The first-order valence-electron chi connectivity index (χ1n) is 10.3. The quantitative estimate of drug-likeness (QED) is 0.157. The third-order valence-electron chi connectivity index (χ3n) is 4.98. The number of nitrogens with zero attached hydrogens (tertiary/aromatic N) is 4. The lowest BCUT2D eigenvalue weighted by molar-refractivity contribution is -0.384. The molecule has 0 bridgehead atoms. The Labute approximate surface area is 204 Å². The molecule has 4 rings (SSSR count). The number of fused-ring (bicyclic) bond motifs is 1. The molecule has 0 aliphatic heterocycles. The van der Waals surface area contributed by atoms with Crippen molar-refractivity contribution in [2.45, 2.75) is 18.6 Å². The molecular formula is C24H20ClN5O3S. The zero-order valence-corrected chi connectivity index (χ0v) is 19.7. The number of carbonyl (C=O) groups is 1. The number of hydrogen-bond acceptors (Lipinski definition) is 6. The molecule has 0 aliphatic rings. The van der Waals surface area contributed by atoms with Gasteiger partial charge in [0.1, 0.15) is 5.02 Å². The van der Waals surface area contributed by atoms with Crippen molar-refractivity contribution in [2.75, 3.05) is 5.75 Å². The number of aromatic nitrogens is 2. The number of nitro groups is 1. The lowest BCUT2D eigenvalue weighted by Crippen LogP contribution is -2.20. The smallest absolute Gasteiger partial charge is 0.288 e. The van der Waals surface area contributed by atoms with Gasteiger partial charge in [-0.05, 0) is 30.7 Å². The minimum atomic E-state index is -0.572. The van der Waals surface area contributed by atoms with Gasteiger partial charge in [-0.3, -0.25) is 14.9 Å². The monoisotopic (exact) mass is 493 g/mol. The van der Waals surface area contributed by atoms with E-state index in [1.165, 1.54) is 35.7 Å². The summed E-state index contributed by atoms with van der Waals surface area (Å²) < 4.78 is 2.09. The summed E-state index contributed by atoms with van der Waals surface area (Å²) in [4.78, 5) is 27.5. The molecule has 10 heteroatoms. The number of carbonyl (C=O) groups excluding carboxylic acids is 1. The molecule has 0 spiro atoms. The van der Waals surface area contributed by atoms with E-state index in [9.17, 15) is 14.9 Å². The van der Waals surface area contributed by atoms with E-state index in [2.05, 4.69) is 39.4 Å². The highest BCUT2D eigenvalue weighted by Gasteiger charge is 2.14. The largest absolute Gasteiger partial charge is 0.314 e. The maximum Gasteiger partial charge on any atom is 0.288 e. The van der Waals surface area contributed by atoms with Crippen LogP contribution >= 0.6 is 23.4 Å². The summed E-state index contributed by atoms with van der Waals surface area (Å²) >= 11 is 7.13. The number of halogens is 1. The highest BCUT2D eigenvalue weighted by Crippen LogP contribution is 2.26. The van der Waals surface area contributed by atoms with Crippen molar-refractivity contribution in [3.05, 3.63) is 98.6 Å². The molecule has 0 atom stereocenters. The fourth-order valence-corrected chi connectivity index (χ4v) is 4.28. The molecule has 0 unspecified atom stereocenters. The van der Waals surface area contributed by atoms with Gasteiger partial charge in [0.25, 0.3) is 11.6 Å². The van der Waals surface area contributed by atoms with E-state index in [0.717, 1.165) is 21.8 Å². The number of hydrogen-bond donors (Lipinski definition) is 1. The average Bonchev–Trinajstić information content (AvgIpc) is 3.17. The van der Waals surface area contributed by atoms with E-state index in [1.54, 1.807) is 6.07 Å². The van der Waals surface area contributed by atoms with Crippen molar-refractivity contribution < 1.29 is 9.72 Å². The van der Waals surface area contributed by atoms with Crippen molar-refractivity contribution in [3.8, 4) is 0 Å². The molecule has 0 fully saturated rings. The minimum absolute atomic E-state index is 0.0381. The number of nitro benzene ring substituents is 1. The van der Waals surface area contributed by atoms with Crippen LogP contribution in [-0.2, 0) is 11.3 Å². The molecule has 4 aromatic rings. The summed E-state index contributed by atoms with van der Waals surface area (Å²) in [5.74, 6) is -0.214. The number of imidazole rings is 1. The Kier molecular flexibility index (Phi) is 7.24. The van der Waals surface area contributed by atoms with E-state index in [-0.39, 0.29) is 22.4 Å². The first-order valence-corrected chi connectivity index (χ1v) is 11.7. The Morgan fingerprint density at radius 1 is 1.21 bits per heavy atom. The number of benzene rings is 3. The van der Waals surface area contributed by atoms with Crippen LogP contribution in [0.4, 0.5) is 5.69 Å². The van der Waals surface area contributed by atoms with E-state index < -0.39 is 4.92 Å². The topological polar surface area (TPSA) is 102 Å². The molecule has 0 radical (unpaired) electrons. The molecule has 0 aliphatic carbocycles. The molecule has 8 nitrogen and oxygen atoms in total. The van der Waals surface area contributed by atoms with Gasteiger partial charge >= 0.3 is 0 Å². The lowest BCUT2D eigenvalue weighted by atomic mass is 10.1. The van der Waals surface area contributed by atoms with E-state index >= 15 is 0 Å². The normalized spacial score (nSPS) is 11.2. The SMILES string of the molecule is Cc1ccc(Cn2c(SCC(=O)N/N=C/c3ccc(Cl)c([N+](=O)[O-])c3)nc3ccccc32)cc1. The predicted molar refractivity (Wildman–Crippen MR) is 135 cm³/mol. The first-order chi connectivity index (χ1) is 16.4. The number of aryl methyl sites for hydroxylation is 1. The Morgan fingerprint density at radius 3 is 2.74 bits per heavy atom. The van der Waals surface area contributed by atoms with Gasteiger partial charge in [-0.2, -0.15) is 5.10 Å². The maximum absolute atomic E-state index is 12.3. The second-order valence-electron chi connectivity index (χ2n) is 7.50. The van der Waals surface area contributed by atoms with Crippen LogP contribution in [0.3, 0.4) is 0 Å². The van der Waals surface area contributed by atoms with Crippen LogP contribution in [0.25, 0.3) is 11.0 Å². The van der Waals surface area contributed by atoms with Crippen molar-refractivity contribution in [1.29, 1.82) is 0 Å². The Bertz CT molecular complexity index is 1390. The zero-order chi connectivity index (χ0) is 24.1. The number of para-hydroxylation sites is 2. The van der Waals surface area contributed by atoms with Crippen LogP contribution < -0.4 is 5.43 Å². The molecule has 34 heavy (non-hydrogen) atoms. The standard InChI is InChI=1S/C24H20ClN5O3S/c1-16-6-8-17(9-7-16)14-29-21-5-3-2-4-20(21)27-24(29)34-15-23(31)28-26-13-18-10-11-19(25)22(12-18)30(32)33/h2-13H,14-15H2,1H3,(H,28,31)/b26-13+. The summed E-state index contributed by atoms with van der Waals surface area (Å²) in [6.45, 7) is 2.69. The van der Waals surface area contributed by atoms with Crippen LogP contribution in [0.2, 0.25) is 5.02 Å².